The van der Waals surface area contributed by atoms with Gasteiger partial charge in [-0.3, -0.25) is 9.59 Å². The maximum atomic E-state index is 11.8. The van der Waals surface area contributed by atoms with Gasteiger partial charge in [-0.2, -0.15) is 0 Å². The van der Waals surface area contributed by atoms with Gasteiger partial charge in [0.2, 0.25) is 5.91 Å². The minimum atomic E-state index is -0.735. The molecule has 1 aliphatic rings. The lowest BCUT2D eigenvalue weighted by molar-refractivity contribution is -0.131. The summed E-state index contributed by atoms with van der Waals surface area (Å²) in [7, 11) is 0. The molecule has 1 heterocycles. The number of ether oxygens (including phenoxy) is 2. The second-order valence-electron chi connectivity index (χ2n) is 4.49. The zero-order valence-electron chi connectivity index (χ0n) is 11.8. The standard InChI is InChI=1S/C14H14N2O6/c1-9(17)15-11-4-2-10(3-5-11)13(19)22-8-12(18)16-6-7-21-14(16)20/h2-5H,6-8H2,1H3,(H,15,17). The maximum Gasteiger partial charge on any atom is 0.416 e. The van der Waals surface area contributed by atoms with Crippen molar-refractivity contribution in [3.63, 3.8) is 0 Å². The molecule has 22 heavy (non-hydrogen) atoms. The molecule has 1 aliphatic heterocycles. The van der Waals surface area contributed by atoms with E-state index in [4.69, 9.17) is 4.74 Å². The van der Waals surface area contributed by atoms with E-state index in [1.165, 1.54) is 31.2 Å². The van der Waals surface area contributed by atoms with Crippen LogP contribution in [-0.2, 0) is 19.1 Å². The summed E-state index contributed by atoms with van der Waals surface area (Å²) in [6.07, 6.45) is -0.735. The van der Waals surface area contributed by atoms with Crippen molar-refractivity contribution < 1.29 is 28.7 Å². The van der Waals surface area contributed by atoms with E-state index in [-0.39, 0.29) is 24.6 Å². The van der Waals surface area contributed by atoms with Crippen LogP contribution in [0.15, 0.2) is 24.3 Å². The number of imide groups is 1. The molecule has 8 nitrogen and oxygen atoms in total. The van der Waals surface area contributed by atoms with Crippen molar-refractivity contribution in [1.29, 1.82) is 0 Å². The fourth-order valence-electron chi connectivity index (χ4n) is 1.80. The largest absolute Gasteiger partial charge is 0.452 e. The van der Waals surface area contributed by atoms with Crippen molar-refractivity contribution in [2.24, 2.45) is 0 Å². The Bertz CT molecular complexity index is 610. The van der Waals surface area contributed by atoms with E-state index < -0.39 is 24.6 Å². The van der Waals surface area contributed by atoms with Gasteiger partial charge < -0.3 is 14.8 Å². The lowest BCUT2D eigenvalue weighted by atomic mass is 10.2. The summed E-state index contributed by atoms with van der Waals surface area (Å²) in [4.78, 5) is 46.4. The number of carbonyl (C=O) groups excluding carboxylic acids is 4. The smallest absolute Gasteiger partial charge is 0.416 e. The number of hydrogen-bond donors (Lipinski definition) is 1. The van der Waals surface area contributed by atoms with Crippen LogP contribution in [0.1, 0.15) is 17.3 Å². The van der Waals surface area contributed by atoms with Crippen molar-refractivity contribution >= 4 is 29.6 Å². The minimum Gasteiger partial charge on any atom is -0.452 e. The first-order chi connectivity index (χ1) is 10.5. The van der Waals surface area contributed by atoms with Gasteiger partial charge in [0.25, 0.3) is 5.91 Å². The highest BCUT2D eigenvalue weighted by Crippen LogP contribution is 2.11. The quantitative estimate of drug-likeness (QED) is 0.825. The molecular weight excluding hydrogens is 292 g/mol. The fraction of sp³-hybridized carbons (Fsp3) is 0.286. The van der Waals surface area contributed by atoms with E-state index in [2.05, 4.69) is 10.1 Å². The Hall–Kier alpha value is -2.90. The third kappa shape index (κ3) is 3.81. The fourth-order valence-corrected chi connectivity index (χ4v) is 1.80. The Kier molecular flexibility index (Phi) is 4.72. The van der Waals surface area contributed by atoms with Crippen molar-refractivity contribution in [3.8, 4) is 0 Å². The molecule has 1 fully saturated rings. The van der Waals surface area contributed by atoms with E-state index in [1.807, 2.05) is 0 Å². The van der Waals surface area contributed by atoms with Crippen LogP contribution in [-0.4, -0.2) is 48.5 Å². The number of nitrogens with one attached hydrogen (secondary N) is 1. The molecule has 1 aromatic carbocycles. The van der Waals surface area contributed by atoms with Crippen molar-refractivity contribution in [3.05, 3.63) is 29.8 Å². The average molecular weight is 306 g/mol. The Morgan fingerprint density at radius 1 is 1.27 bits per heavy atom. The van der Waals surface area contributed by atoms with Gasteiger partial charge in [0.05, 0.1) is 12.1 Å². The first-order valence-electron chi connectivity index (χ1n) is 6.49. The number of esters is 1. The van der Waals surface area contributed by atoms with Gasteiger partial charge in [-0.25, -0.2) is 14.5 Å². The van der Waals surface area contributed by atoms with Gasteiger partial charge >= 0.3 is 12.1 Å². The van der Waals surface area contributed by atoms with Crippen LogP contribution >= 0.6 is 0 Å². The SMILES string of the molecule is CC(=O)Nc1ccc(C(=O)OCC(=O)N2CCOC2=O)cc1. The summed E-state index contributed by atoms with van der Waals surface area (Å²) in [6, 6.07) is 6.00. The van der Waals surface area contributed by atoms with Gasteiger partial charge in [-0.15, -0.1) is 0 Å². The summed E-state index contributed by atoms with van der Waals surface area (Å²) in [6.45, 7) is 1.13. The number of anilines is 1. The molecule has 0 unspecified atom stereocenters. The summed E-state index contributed by atoms with van der Waals surface area (Å²) >= 11 is 0. The van der Waals surface area contributed by atoms with E-state index in [1.54, 1.807) is 0 Å². The molecule has 3 amide bonds. The number of nitrogens with zero attached hydrogens (tertiary/aromatic N) is 1. The lowest BCUT2D eigenvalue weighted by Crippen LogP contribution is -2.35. The van der Waals surface area contributed by atoms with Gasteiger partial charge in [-0.05, 0) is 24.3 Å². The molecule has 0 spiro atoms. The molecule has 1 saturated heterocycles. The van der Waals surface area contributed by atoms with Gasteiger partial charge in [0.1, 0.15) is 6.61 Å². The summed E-state index contributed by atoms with van der Waals surface area (Å²) in [5.74, 6) is -1.56. The zero-order chi connectivity index (χ0) is 16.1. The zero-order valence-corrected chi connectivity index (χ0v) is 11.8. The third-order valence-electron chi connectivity index (χ3n) is 2.83. The highest BCUT2D eigenvalue weighted by molar-refractivity contribution is 5.96. The molecule has 0 atom stereocenters. The molecule has 0 bridgehead atoms. The van der Waals surface area contributed by atoms with E-state index in [0.717, 1.165) is 4.90 Å². The first kappa shape index (κ1) is 15.5. The van der Waals surface area contributed by atoms with Crippen LogP contribution in [0.4, 0.5) is 10.5 Å². The third-order valence-corrected chi connectivity index (χ3v) is 2.83. The van der Waals surface area contributed by atoms with E-state index in [9.17, 15) is 19.2 Å². The normalized spacial score (nSPS) is 13.5. The second-order valence-corrected chi connectivity index (χ2v) is 4.49. The van der Waals surface area contributed by atoms with Crippen LogP contribution < -0.4 is 5.32 Å². The van der Waals surface area contributed by atoms with E-state index in [0.29, 0.717) is 5.69 Å². The second kappa shape index (κ2) is 6.70. The molecule has 0 aromatic heterocycles. The van der Waals surface area contributed by atoms with Gasteiger partial charge in [-0.1, -0.05) is 0 Å². The van der Waals surface area contributed by atoms with Crippen LogP contribution in [0.2, 0.25) is 0 Å². The van der Waals surface area contributed by atoms with Crippen LogP contribution in [0.25, 0.3) is 0 Å². The molecule has 116 valence electrons. The molecule has 0 radical (unpaired) electrons. The molecular formula is C14H14N2O6. The van der Waals surface area contributed by atoms with Crippen molar-refractivity contribution in [2.45, 2.75) is 6.92 Å². The highest BCUT2D eigenvalue weighted by Gasteiger charge is 2.28. The minimum absolute atomic E-state index is 0.142. The Balaban J connectivity index is 1.88. The monoisotopic (exact) mass is 306 g/mol. The molecule has 1 N–H and O–H groups in total. The van der Waals surface area contributed by atoms with Gasteiger partial charge in [0, 0.05) is 12.6 Å². The number of cyclic esters (lactones) is 1. The lowest BCUT2D eigenvalue weighted by Gasteiger charge is -2.11. The first-order valence-corrected chi connectivity index (χ1v) is 6.49. The summed E-state index contributed by atoms with van der Waals surface area (Å²) in [5.41, 5.74) is 0.769. The van der Waals surface area contributed by atoms with Gasteiger partial charge in [0.15, 0.2) is 6.61 Å². The van der Waals surface area contributed by atoms with E-state index >= 15 is 0 Å². The van der Waals surface area contributed by atoms with Crippen LogP contribution in [0.5, 0.6) is 0 Å². The summed E-state index contributed by atoms with van der Waals surface area (Å²) in [5, 5.41) is 2.56. The Morgan fingerprint density at radius 2 is 1.95 bits per heavy atom. The Morgan fingerprint density at radius 3 is 2.50 bits per heavy atom. The van der Waals surface area contributed by atoms with Crippen molar-refractivity contribution in [2.75, 3.05) is 25.1 Å². The predicted molar refractivity (Wildman–Crippen MR) is 74.1 cm³/mol. The maximum absolute atomic E-state index is 11.8. The number of benzene rings is 1. The number of amides is 3. The van der Waals surface area contributed by atoms with Crippen molar-refractivity contribution in [1.82, 2.24) is 4.90 Å². The predicted octanol–water partition coefficient (Wildman–Crippen LogP) is 0.781. The summed E-state index contributed by atoms with van der Waals surface area (Å²) < 4.78 is 9.46. The Labute approximate surface area is 126 Å². The molecule has 8 heteroatoms. The number of carbonyl (C=O) groups is 4. The van der Waals surface area contributed by atoms with Crippen LogP contribution in [0.3, 0.4) is 0 Å². The molecule has 1 aromatic rings. The molecule has 0 aliphatic carbocycles. The number of rotatable bonds is 4. The highest BCUT2D eigenvalue weighted by atomic mass is 16.6. The molecule has 0 saturated carbocycles. The van der Waals surface area contributed by atoms with Crippen LogP contribution in [0, 0.1) is 0 Å². The molecule has 2 rings (SSSR count). The topological polar surface area (TPSA) is 102 Å². The number of hydrogen-bond acceptors (Lipinski definition) is 6. The average Bonchev–Trinajstić information content (AvgIpc) is 2.91.